The van der Waals surface area contributed by atoms with Crippen molar-refractivity contribution in [2.75, 3.05) is 18.4 Å². The smallest absolute Gasteiger partial charge is 0.314 e. The molecule has 0 unspecified atom stereocenters. The van der Waals surface area contributed by atoms with Gasteiger partial charge in [-0.2, -0.15) is 0 Å². The van der Waals surface area contributed by atoms with Gasteiger partial charge in [0.05, 0.1) is 5.92 Å². The number of carbonyl (C=O) groups is 2. The van der Waals surface area contributed by atoms with E-state index in [9.17, 15) is 9.59 Å². The zero-order chi connectivity index (χ0) is 17.4. The Morgan fingerprint density at radius 3 is 2.72 bits per heavy atom. The highest BCUT2D eigenvalue weighted by Gasteiger charge is 2.27. The molecule has 0 radical (unpaired) electrons. The van der Waals surface area contributed by atoms with Gasteiger partial charge < -0.3 is 16.0 Å². The second-order valence-electron chi connectivity index (χ2n) is 6.82. The summed E-state index contributed by atoms with van der Waals surface area (Å²) in [6, 6.07) is 14.0. The molecule has 1 atom stereocenters. The molecule has 25 heavy (non-hydrogen) atoms. The SMILES string of the molecule is NC(=O)N1CCC[C@H](C(=O)Nc2ccc3c(c2)-c2ccccc2C3)C1. The van der Waals surface area contributed by atoms with Gasteiger partial charge in [-0.15, -0.1) is 0 Å². The van der Waals surface area contributed by atoms with Crippen LogP contribution in [0.15, 0.2) is 42.5 Å². The zero-order valence-electron chi connectivity index (χ0n) is 14.0. The van der Waals surface area contributed by atoms with E-state index < -0.39 is 6.03 Å². The number of rotatable bonds is 2. The lowest BCUT2D eigenvalue weighted by Crippen LogP contribution is -2.46. The molecule has 1 saturated heterocycles. The number of benzene rings is 2. The number of nitrogens with two attached hydrogens (primary N) is 1. The summed E-state index contributed by atoms with van der Waals surface area (Å²) < 4.78 is 0. The van der Waals surface area contributed by atoms with E-state index in [2.05, 4.69) is 29.6 Å². The van der Waals surface area contributed by atoms with Crippen LogP contribution in [0.4, 0.5) is 10.5 Å². The second-order valence-corrected chi connectivity index (χ2v) is 6.82. The second kappa shape index (κ2) is 6.24. The lowest BCUT2D eigenvalue weighted by molar-refractivity contribution is -0.121. The minimum atomic E-state index is -0.452. The molecule has 0 saturated carbocycles. The highest BCUT2D eigenvalue weighted by Crippen LogP contribution is 2.37. The molecule has 3 amide bonds. The molecule has 128 valence electrons. The number of anilines is 1. The van der Waals surface area contributed by atoms with Crippen LogP contribution in [-0.4, -0.2) is 29.9 Å². The number of primary amides is 1. The molecule has 1 aliphatic carbocycles. The topological polar surface area (TPSA) is 75.4 Å². The first-order valence-electron chi connectivity index (χ1n) is 8.68. The third-order valence-corrected chi connectivity index (χ3v) is 5.17. The number of fused-ring (bicyclic) bond motifs is 3. The lowest BCUT2D eigenvalue weighted by Gasteiger charge is -2.30. The van der Waals surface area contributed by atoms with Crippen molar-refractivity contribution in [3.8, 4) is 11.1 Å². The number of carbonyl (C=O) groups excluding carboxylic acids is 2. The maximum Gasteiger partial charge on any atom is 0.314 e. The van der Waals surface area contributed by atoms with Crippen LogP contribution in [0.2, 0.25) is 0 Å². The van der Waals surface area contributed by atoms with Crippen molar-refractivity contribution in [2.24, 2.45) is 11.7 Å². The fourth-order valence-electron chi connectivity index (χ4n) is 3.84. The van der Waals surface area contributed by atoms with Crippen LogP contribution in [0.3, 0.4) is 0 Å². The van der Waals surface area contributed by atoms with Crippen molar-refractivity contribution in [1.82, 2.24) is 4.90 Å². The molecular weight excluding hydrogens is 314 g/mol. The normalized spacial score (nSPS) is 18.4. The third kappa shape index (κ3) is 2.97. The Kier molecular flexibility index (Phi) is 3.92. The van der Waals surface area contributed by atoms with Gasteiger partial charge in [0.1, 0.15) is 0 Å². The van der Waals surface area contributed by atoms with Crippen LogP contribution in [0.5, 0.6) is 0 Å². The molecule has 0 bridgehead atoms. The standard InChI is InChI=1S/C20H21N3O2/c21-20(25)23-9-3-5-15(12-23)19(24)22-16-8-7-14-10-13-4-1-2-6-17(13)18(14)11-16/h1-2,4,6-8,11,15H,3,5,9-10,12H2,(H2,21,25)(H,22,24)/t15-/m0/s1. The predicted molar refractivity (Wildman–Crippen MR) is 97.2 cm³/mol. The first kappa shape index (κ1) is 15.7. The summed E-state index contributed by atoms with van der Waals surface area (Å²) >= 11 is 0. The van der Waals surface area contributed by atoms with E-state index in [-0.39, 0.29) is 11.8 Å². The number of piperidine rings is 1. The summed E-state index contributed by atoms with van der Waals surface area (Å²) in [7, 11) is 0. The largest absolute Gasteiger partial charge is 0.351 e. The molecule has 0 aromatic heterocycles. The molecule has 1 aliphatic heterocycles. The van der Waals surface area contributed by atoms with Crippen molar-refractivity contribution in [2.45, 2.75) is 19.3 Å². The van der Waals surface area contributed by atoms with Gasteiger partial charge in [-0.25, -0.2) is 4.79 Å². The van der Waals surface area contributed by atoms with Crippen molar-refractivity contribution in [3.05, 3.63) is 53.6 Å². The molecule has 5 heteroatoms. The van der Waals surface area contributed by atoms with Crippen LogP contribution in [0.1, 0.15) is 24.0 Å². The van der Waals surface area contributed by atoms with Gasteiger partial charge in [-0.1, -0.05) is 30.3 Å². The van der Waals surface area contributed by atoms with Crippen molar-refractivity contribution < 1.29 is 9.59 Å². The van der Waals surface area contributed by atoms with Crippen LogP contribution in [0.25, 0.3) is 11.1 Å². The van der Waals surface area contributed by atoms with Crippen LogP contribution in [-0.2, 0) is 11.2 Å². The molecule has 2 aliphatic rings. The van der Waals surface area contributed by atoms with Crippen molar-refractivity contribution >= 4 is 17.6 Å². The Morgan fingerprint density at radius 2 is 1.88 bits per heavy atom. The molecule has 0 spiro atoms. The minimum Gasteiger partial charge on any atom is -0.351 e. The molecule has 3 N–H and O–H groups in total. The Labute approximate surface area is 146 Å². The number of amides is 3. The number of urea groups is 1. The fraction of sp³-hybridized carbons (Fsp3) is 0.300. The van der Waals surface area contributed by atoms with E-state index in [1.807, 2.05) is 18.2 Å². The Balaban J connectivity index is 1.51. The van der Waals surface area contributed by atoms with Crippen LogP contribution in [0, 0.1) is 5.92 Å². The van der Waals surface area contributed by atoms with Gasteiger partial charge in [0.15, 0.2) is 0 Å². The molecule has 2 aromatic rings. The van der Waals surface area contributed by atoms with E-state index in [0.29, 0.717) is 13.1 Å². The molecule has 2 aromatic carbocycles. The summed E-state index contributed by atoms with van der Waals surface area (Å²) in [4.78, 5) is 25.5. The molecule has 5 nitrogen and oxygen atoms in total. The summed E-state index contributed by atoms with van der Waals surface area (Å²) in [5.74, 6) is -0.251. The molecular formula is C20H21N3O2. The van der Waals surface area contributed by atoms with Gasteiger partial charge >= 0.3 is 6.03 Å². The quantitative estimate of drug-likeness (QED) is 0.755. The monoisotopic (exact) mass is 335 g/mol. The van der Waals surface area contributed by atoms with E-state index in [0.717, 1.165) is 24.9 Å². The number of nitrogens with one attached hydrogen (secondary N) is 1. The number of hydrogen-bond acceptors (Lipinski definition) is 2. The first-order chi connectivity index (χ1) is 12.1. The summed E-state index contributed by atoms with van der Waals surface area (Å²) in [5, 5.41) is 3.01. The maximum absolute atomic E-state index is 12.6. The highest BCUT2D eigenvalue weighted by atomic mass is 16.2. The van der Waals surface area contributed by atoms with E-state index in [1.54, 1.807) is 4.90 Å². The number of hydrogen-bond donors (Lipinski definition) is 2. The van der Waals surface area contributed by atoms with E-state index in [4.69, 9.17) is 5.73 Å². The number of likely N-dealkylation sites (tertiary alicyclic amines) is 1. The van der Waals surface area contributed by atoms with Gasteiger partial charge in [0.25, 0.3) is 0 Å². The van der Waals surface area contributed by atoms with Gasteiger partial charge in [-0.3, -0.25) is 4.79 Å². The average molecular weight is 335 g/mol. The Hall–Kier alpha value is -2.82. The van der Waals surface area contributed by atoms with E-state index in [1.165, 1.54) is 22.3 Å². The summed E-state index contributed by atoms with van der Waals surface area (Å²) in [6.07, 6.45) is 2.53. The zero-order valence-corrected chi connectivity index (χ0v) is 14.0. The van der Waals surface area contributed by atoms with Gasteiger partial charge in [0.2, 0.25) is 5.91 Å². The predicted octanol–water partition coefficient (Wildman–Crippen LogP) is 2.99. The van der Waals surface area contributed by atoms with Crippen LogP contribution < -0.4 is 11.1 Å². The third-order valence-electron chi connectivity index (χ3n) is 5.17. The summed E-state index contributed by atoms with van der Waals surface area (Å²) in [6.45, 7) is 1.03. The average Bonchev–Trinajstić information content (AvgIpc) is 3.00. The number of nitrogens with zero attached hydrogens (tertiary/aromatic N) is 1. The lowest BCUT2D eigenvalue weighted by atomic mass is 9.97. The highest BCUT2D eigenvalue weighted by molar-refractivity contribution is 5.94. The maximum atomic E-state index is 12.6. The van der Waals surface area contributed by atoms with Gasteiger partial charge in [-0.05, 0) is 53.6 Å². The fourth-order valence-corrected chi connectivity index (χ4v) is 3.84. The molecule has 1 heterocycles. The van der Waals surface area contributed by atoms with Gasteiger partial charge in [0, 0.05) is 18.8 Å². The Morgan fingerprint density at radius 1 is 1.08 bits per heavy atom. The molecule has 1 fully saturated rings. The first-order valence-corrected chi connectivity index (χ1v) is 8.68. The molecule has 4 rings (SSSR count). The van der Waals surface area contributed by atoms with Crippen molar-refractivity contribution in [3.63, 3.8) is 0 Å². The summed E-state index contributed by atoms with van der Waals surface area (Å²) in [5.41, 5.74) is 11.2. The van der Waals surface area contributed by atoms with E-state index >= 15 is 0 Å². The Bertz CT molecular complexity index is 847. The minimum absolute atomic E-state index is 0.0443. The van der Waals surface area contributed by atoms with Crippen LogP contribution >= 0.6 is 0 Å². The van der Waals surface area contributed by atoms with Crippen molar-refractivity contribution in [1.29, 1.82) is 0 Å².